The molecule has 0 fully saturated rings. The van der Waals surface area contributed by atoms with Gasteiger partial charge in [-0.2, -0.15) is 0 Å². The Morgan fingerprint density at radius 1 is 0.304 bits per heavy atom. The number of allylic oxidation sites excluding steroid dienone is 14. The van der Waals surface area contributed by atoms with Crippen molar-refractivity contribution in [1.29, 1.82) is 0 Å². The van der Waals surface area contributed by atoms with Gasteiger partial charge in [0.15, 0.2) is 6.10 Å². The number of hydrogen-bond acceptors (Lipinski definition) is 6. The highest BCUT2D eigenvalue weighted by Gasteiger charge is 2.19. The number of hydrogen-bond donors (Lipinski definition) is 0. The minimum Gasteiger partial charge on any atom is -0.462 e. The summed E-state index contributed by atoms with van der Waals surface area (Å²) in [6, 6.07) is 0. The fourth-order valence-corrected chi connectivity index (χ4v) is 7.97. The average Bonchev–Trinajstić information content (AvgIpc) is 3.35. The highest BCUT2D eigenvalue weighted by Crippen LogP contribution is 2.15. The Morgan fingerprint density at radius 2 is 0.580 bits per heavy atom. The standard InChI is InChI=1S/C63H108O6/c1-4-7-10-13-16-19-22-24-26-28-30-31-33-34-36-38-41-44-47-50-53-56-62(65)68-59-60(58-67-61(64)55-52-49-46-43-40-21-18-15-12-9-6-3)69-63(66)57-54-51-48-45-42-39-37-35-32-29-27-25-23-20-17-14-11-8-5-2/h8,11,15,17-18,20,24-27,32,35,39,42,60H,4-7,9-10,12-14,16,19,21-23,28-31,33-34,36-38,40-41,43-59H2,1-3H3/b11-8-,18-15-,20-17-,26-24-,27-25-,35-32-,42-39-/t60-/m0/s1. The van der Waals surface area contributed by atoms with E-state index >= 15 is 0 Å². The van der Waals surface area contributed by atoms with E-state index in [2.05, 4.69) is 106 Å². The SMILES string of the molecule is CC/C=C\C/C=C\C/C=C\C/C=C\C/C=C\CCCCCC(=O)O[C@@H](COC(=O)CCCCCCC/C=C\CCCC)COC(=O)CCCCCCCCCCCCC/C=C\CCCCCCCC. The molecule has 0 rings (SSSR count). The maximum atomic E-state index is 12.8. The molecule has 0 N–H and O–H groups in total. The van der Waals surface area contributed by atoms with Crippen molar-refractivity contribution in [1.82, 2.24) is 0 Å². The molecular weight excluding hydrogens is 853 g/mol. The molecule has 0 aromatic carbocycles. The minimum absolute atomic E-state index is 0.0925. The Bertz CT molecular complexity index is 1330. The summed E-state index contributed by atoms with van der Waals surface area (Å²) in [4.78, 5) is 38.1. The van der Waals surface area contributed by atoms with Gasteiger partial charge in [0, 0.05) is 19.3 Å². The van der Waals surface area contributed by atoms with E-state index < -0.39 is 6.10 Å². The molecule has 0 aliphatic carbocycles. The van der Waals surface area contributed by atoms with Crippen LogP contribution in [0.2, 0.25) is 0 Å². The zero-order valence-corrected chi connectivity index (χ0v) is 45.3. The van der Waals surface area contributed by atoms with Crippen LogP contribution in [0.25, 0.3) is 0 Å². The largest absolute Gasteiger partial charge is 0.462 e. The van der Waals surface area contributed by atoms with Gasteiger partial charge in [-0.1, -0.05) is 234 Å². The molecular formula is C63H108O6. The molecule has 396 valence electrons. The van der Waals surface area contributed by atoms with Crippen molar-refractivity contribution < 1.29 is 28.6 Å². The van der Waals surface area contributed by atoms with Crippen LogP contribution >= 0.6 is 0 Å². The van der Waals surface area contributed by atoms with Crippen molar-refractivity contribution in [3.05, 3.63) is 85.1 Å². The van der Waals surface area contributed by atoms with Crippen LogP contribution in [0.15, 0.2) is 85.1 Å². The zero-order valence-electron chi connectivity index (χ0n) is 45.3. The first kappa shape index (κ1) is 65.6. The van der Waals surface area contributed by atoms with Crippen molar-refractivity contribution in [2.45, 2.75) is 284 Å². The van der Waals surface area contributed by atoms with Gasteiger partial charge in [0.1, 0.15) is 13.2 Å². The number of carbonyl (C=O) groups is 3. The molecule has 69 heavy (non-hydrogen) atoms. The Kier molecular flexibility index (Phi) is 54.3. The van der Waals surface area contributed by atoms with Gasteiger partial charge in [0.25, 0.3) is 0 Å². The smallest absolute Gasteiger partial charge is 0.306 e. The molecule has 6 nitrogen and oxygen atoms in total. The van der Waals surface area contributed by atoms with Crippen LogP contribution in [0.5, 0.6) is 0 Å². The van der Waals surface area contributed by atoms with E-state index in [1.165, 1.54) is 128 Å². The fourth-order valence-electron chi connectivity index (χ4n) is 7.97. The lowest BCUT2D eigenvalue weighted by Crippen LogP contribution is -2.30. The van der Waals surface area contributed by atoms with Gasteiger partial charge in [0.05, 0.1) is 0 Å². The van der Waals surface area contributed by atoms with E-state index in [9.17, 15) is 14.4 Å². The number of ether oxygens (including phenoxy) is 3. The fraction of sp³-hybridized carbons (Fsp3) is 0.730. The second-order valence-corrected chi connectivity index (χ2v) is 19.2. The number of rotatable bonds is 52. The quantitative estimate of drug-likeness (QED) is 0.0262. The molecule has 0 saturated carbocycles. The summed E-state index contributed by atoms with van der Waals surface area (Å²) in [6.45, 7) is 6.46. The van der Waals surface area contributed by atoms with Crippen molar-refractivity contribution in [3.63, 3.8) is 0 Å². The lowest BCUT2D eigenvalue weighted by Gasteiger charge is -2.18. The number of esters is 3. The molecule has 0 radical (unpaired) electrons. The van der Waals surface area contributed by atoms with Crippen molar-refractivity contribution >= 4 is 17.9 Å². The van der Waals surface area contributed by atoms with Crippen LogP contribution in [0.1, 0.15) is 278 Å². The van der Waals surface area contributed by atoms with E-state index in [0.717, 1.165) is 109 Å². The van der Waals surface area contributed by atoms with Crippen molar-refractivity contribution in [2.75, 3.05) is 13.2 Å². The van der Waals surface area contributed by atoms with E-state index in [-0.39, 0.29) is 37.5 Å². The first-order chi connectivity index (χ1) is 34.0. The maximum absolute atomic E-state index is 12.8. The van der Waals surface area contributed by atoms with Crippen LogP contribution in [-0.2, 0) is 28.6 Å². The van der Waals surface area contributed by atoms with Gasteiger partial charge < -0.3 is 14.2 Å². The summed E-state index contributed by atoms with van der Waals surface area (Å²) in [7, 11) is 0. The monoisotopic (exact) mass is 961 g/mol. The van der Waals surface area contributed by atoms with Gasteiger partial charge in [-0.05, 0) is 109 Å². The number of carbonyl (C=O) groups excluding carboxylic acids is 3. The molecule has 0 amide bonds. The second-order valence-electron chi connectivity index (χ2n) is 19.2. The second kappa shape index (κ2) is 57.2. The molecule has 0 aromatic heterocycles. The lowest BCUT2D eigenvalue weighted by atomic mass is 10.0. The molecule has 0 bridgehead atoms. The van der Waals surface area contributed by atoms with E-state index in [1.54, 1.807) is 0 Å². The highest BCUT2D eigenvalue weighted by molar-refractivity contribution is 5.71. The predicted molar refractivity (Wildman–Crippen MR) is 297 cm³/mol. The van der Waals surface area contributed by atoms with Crippen LogP contribution in [0.3, 0.4) is 0 Å². The molecule has 0 saturated heterocycles. The third-order valence-electron chi connectivity index (χ3n) is 12.4. The molecule has 6 heteroatoms. The molecule has 0 heterocycles. The zero-order chi connectivity index (χ0) is 50.0. The van der Waals surface area contributed by atoms with E-state index in [4.69, 9.17) is 14.2 Å². The maximum Gasteiger partial charge on any atom is 0.306 e. The summed E-state index contributed by atoms with van der Waals surface area (Å²) in [5.41, 5.74) is 0. The Labute approximate surface area is 426 Å². The Morgan fingerprint density at radius 3 is 0.957 bits per heavy atom. The predicted octanol–water partition coefficient (Wildman–Crippen LogP) is 19.5. The normalized spacial score (nSPS) is 12.7. The van der Waals surface area contributed by atoms with Gasteiger partial charge >= 0.3 is 17.9 Å². The molecule has 0 aliphatic heterocycles. The van der Waals surface area contributed by atoms with Crippen LogP contribution in [0.4, 0.5) is 0 Å². The summed E-state index contributed by atoms with van der Waals surface area (Å²) < 4.78 is 16.8. The summed E-state index contributed by atoms with van der Waals surface area (Å²) in [5.74, 6) is -0.931. The van der Waals surface area contributed by atoms with Gasteiger partial charge in [-0.3, -0.25) is 14.4 Å². The summed E-state index contributed by atoms with van der Waals surface area (Å²) >= 11 is 0. The molecule has 1 atom stereocenters. The van der Waals surface area contributed by atoms with Crippen molar-refractivity contribution in [2.24, 2.45) is 0 Å². The van der Waals surface area contributed by atoms with E-state index in [1.807, 2.05) is 0 Å². The highest BCUT2D eigenvalue weighted by atomic mass is 16.6. The third-order valence-corrected chi connectivity index (χ3v) is 12.4. The Balaban J connectivity index is 4.37. The van der Waals surface area contributed by atoms with Crippen LogP contribution in [-0.4, -0.2) is 37.2 Å². The third kappa shape index (κ3) is 55.4. The van der Waals surface area contributed by atoms with Gasteiger partial charge in [-0.15, -0.1) is 0 Å². The van der Waals surface area contributed by atoms with E-state index in [0.29, 0.717) is 12.8 Å². The molecule has 0 spiro atoms. The van der Waals surface area contributed by atoms with Gasteiger partial charge in [0.2, 0.25) is 0 Å². The topological polar surface area (TPSA) is 78.9 Å². The minimum atomic E-state index is -0.798. The first-order valence-corrected chi connectivity index (χ1v) is 29.1. The van der Waals surface area contributed by atoms with Crippen LogP contribution < -0.4 is 0 Å². The molecule has 0 aromatic rings. The summed E-state index contributed by atoms with van der Waals surface area (Å²) in [5, 5.41) is 0. The first-order valence-electron chi connectivity index (χ1n) is 29.1. The van der Waals surface area contributed by atoms with Crippen LogP contribution in [0, 0.1) is 0 Å². The Hall–Kier alpha value is -3.41. The van der Waals surface area contributed by atoms with Gasteiger partial charge in [-0.25, -0.2) is 0 Å². The van der Waals surface area contributed by atoms with Crippen molar-refractivity contribution in [3.8, 4) is 0 Å². The molecule has 0 aliphatic rings. The lowest BCUT2D eigenvalue weighted by molar-refractivity contribution is -0.167. The summed E-state index contributed by atoms with van der Waals surface area (Å²) in [6.07, 6.45) is 74.4. The molecule has 0 unspecified atom stereocenters. The average molecular weight is 962 g/mol. The number of unbranched alkanes of at least 4 members (excludes halogenated alkanes) is 27.